The number of carbonyl (C=O) groups excluding carboxylic acids is 2. The lowest BCUT2D eigenvalue weighted by Gasteiger charge is -2.43. The zero-order chi connectivity index (χ0) is 23.3. The van der Waals surface area contributed by atoms with E-state index in [1.54, 1.807) is 13.8 Å². The number of aliphatic carboxylic acids is 1. The van der Waals surface area contributed by atoms with E-state index in [4.69, 9.17) is 4.84 Å². The number of oxime groups is 1. The maximum atomic E-state index is 13.4. The molecule has 0 radical (unpaired) electrons. The summed E-state index contributed by atoms with van der Waals surface area (Å²) in [7, 11) is 0. The Morgan fingerprint density at radius 1 is 1.22 bits per heavy atom. The molecule has 32 heavy (non-hydrogen) atoms. The molecule has 0 unspecified atom stereocenters. The molecule has 2 amide bonds. The molecule has 10 heteroatoms. The number of nitrogens with one attached hydrogen (secondary N) is 1. The molecule has 1 aliphatic carbocycles. The number of carboxylic acids is 1. The van der Waals surface area contributed by atoms with Gasteiger partial charge in [-0.2, -0.15) is 0 Å². The molecule has 1 saturated carbocycles. The molecule has 1 aromatic rings. The fraction of sp³-hybridized carbons (Fsp3) is 0.545. The summed E-state index contributed by atoms with van der Waals surface area (Å²) < 4.78 is 12.7. The van der Waals surface area contributed by atoms with Gasteiger partial charge in [-0.3, -0.25) is 9.59 Å². The molecule has 3 aliphatic rings. The molecule has 3 atom stereocenters. The number of thioether (sulfide) groups is 1. The van der Waals surface area contributed by atoms with Crippen LogP contribution in [-0.4, -0.2) is 61.3 Å². The van der Waals surface area contributed by atoms with Crippen LogP contribution in [-0.2, 0) is 19.2 Å². The monoisotopic (exact) mass is 463 g/mol. The topological polar surface area (TPSA) is 108 Å². The Morgan fingerprint density at radius 2 is 1.84 bits per heavy atom. The van der Waals surface area contributed by atoms with Gasteiger partial charge in [0.15, 0.2) is 5.71 Å². The van der Waals surface area contributed by atoms with Crippen molar-refractivity contribution in [2.45, 2.75) is 74.3 Å². The van der Waals surface area contributed by atoms with Crippen molar-refractivity contribution in [1.29, 1.82) is 0 Å². The first kappa shape index (κ1) is 22.6. The smallest absolute Gasteiger partial charge is 0.327 e. The van der Waals surface area contributed by atoms with E-state index < -0.39 is 51.4 Å². The zero-order valence-corrected chi connectivity index (χ0v) is 18.9. The van der Waals surface area contributed by atoms with E-state index in [0.717, 1.165) is 25.7 Å². The predicted molar refractivity (Wildman–Crippen MR) is 117 cm³/mol. The minimum absolute atomic E-state index is 0.0542. The van der Waals surface area contributed by atoms with E-state index in [2.05, 4.69) is 10.5 Å². The maximum absolute atomic E-state index is 13.4. The second kappa shape index (κ2) is 8.06. The zero-order valence-electron chi connectivity index (χ0n) is 18.1. The van der Waals surface area contributed by atoms with Gasteiger partial charge < -0.3 is 20.2 Å². The Kier molecular flexibility index (Phi) is 5.68. The Hall–Kier alpha value is -2.62. The van der Waals surface area contributed by atoms with E-state index in [1.807, 2.05) is 6.92 Å². The quantitative estimate of drug-likeness (QED) is 0.381. The highest BCUT2D eigenvalue weighted by Gasteiger charge is 2.64. The molecule has 2 saturated heterocycles. The largest absolute Gasteiger partial charge is 0.480 e. The SMILES string of the molecule is CC1(O/N=C(\C(=O)N[C@H]2C(=O)N3[C@@H]2SC(C)(C)[C@@H]3C(=O)O)c2ccc(F)cc2)CCCC1. The average Bonchev–Trinajstić information content (AvgIpc) is 3.26. The van der Waals surface area contributed by atoms with Crippen LogP contribution in [0.15, 0.2) is 29.4 Å². The normalized spacial score (nSPS) is 28.1. The van der Waals surface area contributed by atoms with E-state index in [0.29, 0.717) is 5.56 Å². The van der Waals surface area contributed by atoms with Crippen molar-refractivity contribution in [2.75, 3.05) is 0 Å². The molecule has 8 nitrogen and oxygen atoms in total. The van der Waals surface area contributed by atoms with Crippen LogP contribution in [0.3, 0.4) is 0 Å². The summed E-state index contributed by atoms with van der Waals surface area (Å²) in [6, 6.07) is 3.46. The molecule has 2 heterocycles. The molecular formula is C22H26FN3O5S. The Balaban J connectivity index is 1.55. The standard InChI is InChI=1S/C22H26FN3O5S/c1-21(2)16(20(29)30)26-18(28)15(19(26)32-21)24-17(27)14(12-6-8-13(23)9-7-12)25-31-22(3)10-4-5-11-22/h6-9,15-16,19H,4-5,10-11H2,1-3H3,(H,24,27)(H,29,30)/b25-14-/t15-,16-,19+/m0/s1. The maximum Gasteiger partial charge on any atom is 0.327 e. The minimum Gasteiger partial charge on any atom is -0.480 e. The number of carbonyl (C=O) groups is 3. The third kappa shape index (κ3) is 3.96. The summed E-state index contributed by atoms with van der Waals surface area (Å²) in [4.78, 5) is 44.6. The average molecular weight is 464 g/mol. The number of rotatable bonds is 6. The summed E-state index contributed by atoms with van der Waals surface area (Å²) in [6.07, 6.45) is 3.65. The highest BCUT2D eigenvalue weighted by Crippen LogP contribution is 2.50. The first-order valence-electron chi connectivity index (χ1n) is 10.6. The van der Waals surface area contributed by atoms with Gasteiger partial charge in [0, 0.05) is 10.3 Å². The van der Waals surface area contributed by atoms with E-state index in [1.165, 1.54) is 40.9 Å². The number of amides is 2. The molecule has 3 fully saturated rings. The van der Waals surface area contributed by atoms with Crippen molar-refractivity contribution in [3.8, 4) is 0 Å². The van der Waals surface area contributed by atoms with E-state index >= 15 is 0 Å². The molecule has 1 aromatic carbocycles. The number of hydrogen-bond donors (Lipinski definition) is 2. The second-order valence-corrected chi connectivity index (χ2v) is 11.0. The number of hydrogen-bond acceptors (Lipinski definition) is 6. The van der Waals surface area contributed by atoms with Gasteiger partial charge in [-0.15, -0.1) is 11.8 Å². The molecule has 0 aromatic heterocycles. The van der Waals surface area contributed by atoms with Gasteiger partial charge in [0.1, 0.15) is 28.9 Å². The van der Waals surface area contributed by atoms with Crippen LogP contribution in [0.2, 0.25) is 0 Å². The summed E-state index contributed by atoms with van der Waals surface area (Å²) in [5.41, 5.74) is -0.173. The van der Waals surface area contributed by atoms with Crippen molar-refractivity contribution in [2.24, 2.45) is 5.16 Å². The lowest BCUT2D eigenvalue weighted by Crippen LogP contribution is -2.71. The first-order chi connectivity index (χ1) is 15.0. The highest BCUT2D eigenvalue weighted by molar-refractivity contribution is 8.01. The number of fused-ring (bicyclic) bond motifs is 1. The number of β-lactam (4-membered cyclic amide) rings is 1. The van der Waals surface area contributed by atoms with Crippen LogP contribution in [0.4, 0.5) is 4.39 Å². The van der Waals surface area contributed by atoms with Gasteiger partial charge in [-0.1, -0.05) is 5.16 Å². The van der Waals surface area contributed by atoms with Gasteiger partial charge in [0.2, 0.25) is 5.91 Å². The number of halogens is 1. The molecule has 2 aliphatic heterocycles. The molecule has 4 rings (SSSR count). The first-order valence-corrected chi connectivity index (χ1v) is 11.5. The van der Waals surface area contributed by atoms with Crippen LogP contribution in [0.1, 0.15) is 52.0 Å². The number of nitrogens with zero attached hydrogens (tertiary/aromatic N) is 2. The molecule has 0 spiro atoms. The van der Waals surface area contributed by atoms with Gasteiger partial charge in [0.05, 0.1) is 0 Å². The summed E-state index contributed by atoms with van der Waals surface area (Å²) >= 11 is 1.34. The minimum atomic E-state index is -1.07. The molecular weight excluding hydrogens is 437 g/mol. The Labute approximate surface area is 189 Å². The van der Waals surface area contributed by atoms with Crippen LogP contribution < -0.4 is 5.32 Å². The fourth-order valence-corrected chi connectivity index (χ4v) is 6.18. The van der Waals surface area contributed by atoms with Crippen LogP contribution in [0.25, 0.3) is 0 Å². The van der Waals surface area contributed by atoms with E-state index in [9.17, 15) is 23.9 Å². The highest BCUT2D eigenvalue weighted by atomic mass is 32.2. The second-order valence-electron chi connectivity index (χ2n) is 9.24. The van der Waals surface area contributed by atoms with Gasteiger partial charge in [-0.05, 0) is 70.7 Å². The Bertz CT molecular complexity index is 974. The van der Waals surface area contributed by atoms with Crippen molar-refractivity contribution < 1.29 is 28.7 Å². The van der Waals surface area contributed by atoms with E-state index in [-0.39, 0.29) is 5.71 Å². The molecule has 2 N–H and O–H groups in total. The summed E-state index contributed by atoms with van der Waals surface area (Å²) in [6.45, 7) is 5.46. The van der Waals surface area contributed by atoms with Gasteiger partial charge in [0.25, 0.3) is 5.91 Å². The van der Waals surface area contributed by atoms with Crippen LogP contribution >= 0.6 is 11.8 Å². The van der Waals surface area contributed by atoms with Crippen molar-refractivity contribution in [3.63, 3.8) is 0 Å². The lowest BCUT2D eigenvalue weighted by molar-refractivity contribution is -0.160. The van der Waals surface area contributed by atoms with Crippen molar-refractivity contribution in [1.82, 2.24) is 10.2 Å². The molecule has 172 valence electrons. The lowest BCUT2D eigenvalue weighted by atomic mass is 9.96. The summed E-state index contributed by atoms with van der Waals surface area (Å²) in [5.74, 6) is -2.61. The summed E-state index contributed by atoms with van der Waals surface area (Å²) in [5, 5.41) is 15.9. The van der Waals surface area contributed by atoms with Gasteiger partial charge >= 0.3 is 5.97 Å². The molecule has 0 bridgehead atoms. The fourth-order valence-electron chi connectivity index (χ4n) is 4.56. The number of carboxylic acid groups (broad SMARTS) is 1. The van der Waals surface area contributed by atoms with Crippen molar-refractivity contribution >= 4 is 35.3 Å². The third-order valence-electron chi connectivity index (χ3n) is 6.31. The Morgan fingerprint density at radius 3 is 2.44 bits per heavy atom. The number of benzene rings is 1. The van der Waals surface area contributed by atoms with Crippen LogP contribution in [0.5, 0.6) is 0 Å². The predicted octanol–water partition coefficient (Wildman–Crippen LogP) is 2.51. The van der Waals surface area contributed by atoms with Crippen molar-refractivity contribution in [3.05, 3.63) is 35.6 Å². The third-order valence-corrected chi connectivity index (χ3v) is 7.88. The van der Waals surface area contributed by atoms with Crippen LogP contribution in [0, 0.1) is 5.82 Å². The van der Waals surface area contributed by atoms with Gasteiger partial charge in [-0.25, -0.2) is 9.18 Å².